The summed E-state index contributed by atoms with van der Waals surface area (Å²) in [6.07, 6.45) is 6.55. The molecule has 1 N–H and O–H groups in total. The standard InChI is InChI=1S/C28H28N10O2/c1-4-5-25(39)37-10-12-38(13-11-37)28-29-16-22-26(33-28)27(31-17-30-22)32-19-6-9-24(18(2)14-19)40-20-7-8-23-21(15-20)34-35-36(23)3/h4-9,14-17H,10-13H2,1-3H3,(H,30,31,32)/b5-4+. The van der Waals surface area contributed by atoms with Gasteiger partial charge in [-0.25, -0.2) is 24.6 Å². The van der Waals surface area contributed by atoms with Crippen molar-refractivity contribution < 1.29 is 9.53 Å². The van der Waals surface area contributed by atoms with Crippen LogP contribution in [0, 0.1) is 6.92 Å². The summed E-state index contributed by atoms with van der Waals surface area (Å²) in [5.74, 6) is 2.62. The Labute approximate surface area is 230 Å². The first-order valence-corrected chi connectivity index (χ1v) is 13.0. The third-order valence-electron chi connectivity index (χ3n) is 6.80. The number of nitrogens with one attached hydrogen (secondary N) is 1. The average molecular weight is 537 g/mol. The normalized spacial score (nSPS) is 13.9. The van der Waals surface area contributed by atoms with E-state index in [-0.39, 0.29) is 5.91 Å². The Kier molecular flexibility index (Phi) is 6.64. The molecule has 0 radical (unpaired) electrons. The Hall–Kier alpha value is -5.13. The zero-order chi connectivity index (χ0) is 27.6. The van der Waals surface area contributed by atoms with Gasteiger partial charge in [0.2, 0.25) is 11.9 Å². The summed E-state index contributed by atoms with van der Waals surface area (Å²) < 4.78 is 7.86. The predicted molar refractivity (Wildman–Crippen MR) is 152 cm³/mol. The Morgan fingerprint density at radius 2 is 1.88 bits per heavy atom. The molecule has 4 heterocycles. The third-order valence-corrected chi connectivity index (χ3v) is 6.80. The Morgan fingerprint density at radius 3 is 2.67 bits per heavy atom. The van der Waals surface area contributed by atoms with Crippen LogP contribution in [0.5, 0.6) is 11.5 Å². The first-order valence-electron chi connectivity index (χ1n) is 13.0. The second-order valence-electron chi connectivity index (χ2n) is 9.51. The summed E-state index contributed by atoms with van der Waals surface area (Å²) in [4.78, 5) is 34.2. The van der Waals surface area contributed by atoms with Crippen LogP contribution in [0.1, 0.15) is 12.5 Å². The van der Waals surface area contributed by atoms with E-state index in [1.165, 1.54) is 6.33 Å². The summed E-state index contributed by atoms with van der Waals surface area (Å²) in [6.45, 7) is 6.35. The first-order chi connectivity index (χ1) is 19.5. The van der Waals surface area contributed by atoms with E-state index in [0.717, 1.165) is 28.0 Å². The molecule has 5 aromatic rings. The van der Waals surface area contributed by atoms with Crippen LogP contribution < -0.4 is 15.0 Å². The van der Waals surface area contributed by atoms with Gasteiger partial charge in [-0.2, -0.15) is 0 Å². The molecular formula is C28H28N10O2. The van der Waals surface area contributed by atoms with Crippen molar-refractivity contribution in [3.8, 4) is 11.5 Å². The van der Waals surface area contributed by atoms with Gasteiger partial charge in [-0.1, -0.05) is 11.3 Å². The molecule has 0 aliphatic carbocycles. The Bertz CT molecular complexity index is 1740. The van der Waals surface area contributed by atoms with Gasteiger partial charge in [-0.15, -0.1) is 5.10 Å². The van der Waals surface area contributed by atoms with E-state index in [0.29, 0.717) is 54.7 Å². The lowest BCUT2D eigenvalue weighted by Gasteiger charge is -2.34. The smallest absolute Gasteiger partial charge is 0.246 e. The SMILES string of the molecule is C/C=C/C(=O)N1CCN(c2ncc3ncnc(Nc4ccc(Oc5ccc6c(c5)nnn6C)c(C)c4)c3n2)CC1. The number of carbonyl (C=O) groups is 1. The number of anilines is 3. The molecule has 0 unspecified atom stereocenters. The molecule has 6 rings (SSSR count). The molecule has 1 aliphatic heterocycles. The number of fused-ring (bicyclic) bond motifs is 2. The minimum atomic E-state index is 0.0275. The second kappa shape index (κ2) is 10.6. The van der Waals surface area contributed by atoms with Crippen LogP contribution >= 0.6 is 0 Å². The molecule has 40 heavy (non-hydrogen) atoms. The van der Waals surface area contributed by atoms with Crippen LogP contribution in [0.3, 0.4) is 0 Å². The number of hydrogen-bond donors (Lipinski definition) is 1. The highest BCUT2D eigenvalue weighted by molar-refractivity contribution is 5.88. The number of allylic oxidation sites excluding steroid dienone is 1. The summed E-state index contributed by atoms with van der Waals surface area (Å²) in [5.41, 5.74) is 4.76. The van der Waals surface area contributed by atoms with Crippen LogP contribution in [0.25, 0.3) is 22.1 Å². The first kappa shape index (κ1) is 25.2. The van der Waals surface area contributed by atoms with Crippen molar-refractivity contribution in [2.75, 3.05) is 36.4 Å². The summed E-state index contributed by atoms with van der Waals surface area (Å²) >= 11 is 0. The van der Waals surface area contributed by atoms with Crippen LogP contribution in [-0.2, 0) is 11.8 Å². The molecule has 3 aromatic heterocycles. The Morgan fingerprint density at radius 1 is 1.02 bits per heavy atom. The van der Waals surface area contributed by atoms with Gasteiger partial charge < -0.3 is 19.9 Å². The lowest BCUT2D eigenvalue weighted by molar-refractivity contribution is -0.126. The lowest BCUT2D eigenvalue weighted by atomic mass is 10.2. The van der Waals surface area contributed by atoms with E-state index >= 15 is 0 Å². The third kappa shape index (κ3) is 4.98. The molecule has 1 fully saturated rings. The van der Waals surface area contributed by atoms with Crippen molar-refractivity contribution in [3.63, 3.8) is 0 Å². The molecule has 0 saturated carbocycles. The fourth-order valence-electron chi connectivity index (χ4n) is 4.65. The summed E-state index contributed by atoms with van der Waals surface area (Å²) in [6, 6.07) is 11.6. The van der Waals surface area contributed by atoms with Crippen molar-refractivity contribution >= 4 is 45.4 Å². The van der Waals surface area contributed by atoms with Gasteiger partial charge >= 0.3 is 0 Å². The van der Waals surface area contributed by atoms with Crippen LogP contribution in [-0.4, -0.2) is 71.9 Å². The maximum absolute atomic E-state index is 12.2. The van der Waals surface area contributed by atoms with Crippen molar-refractivity contribution in [3.05, 3.63) is 66.6 Å². The Balaban J connectivity index is 1.19. The zero-order valence-electron chi connectivity index (χ0n) is 22.4. The summed E-state index contributed by atoms with van der Waals surface area (Å²) in [5, 5.41) is 11.6. The maximum atomic E-state index is 12.2. The van der Waals surface area contributed by atoms with Gasteiger partial charge in [0, 0.05) is 45.0 Å². The molecule has 0 bridgehead atoms. The largest absolute Gasteiger partial charge is 0.457 e. The number of rotatable bonds is 6. The minimum Gasteiger partial charge on any atom is -0.457 e. The van der Waals surface area contributed by atoms with Gasteiger partial charge in [0.05, 0.1) is 11.7 Å². The molecule has 0 atom stereocenters. The van der Waals surface area contributed by atoms with Crippen molar-refractivity contribution in [2.45, 2.75) is 13.8 Å². The van der Waals surface area contributed by atoms with E-state index in [4.69, 9.17) is 9.72 Å². The number of ether oxygens (including phenoxy) is 1. The molecule has 2 aromatic carbocycles. The number of hydrogen-bond acceptors (Lipinski definition) is 10. The monoisotopic (exact) mass is 536 g/mol. The molecule has 202 valence electrons. The minimum absolute atomic E-state index is 0.0275. The number of piperazine rings is 1. The van der Waals surface area contributed by atoms with E-state index in [1.807, 2.05) is 62.2 Å². The molecule has 1 amide bonds. The van der Waals surface area contributed by atoms with E-state index in [1.54, 1.807) is 23.0 Å². The lowest BCUT2D eigenvalue weighted by Crippen LogP contribution is -2.48. The molecular weight excluding hydrogens is 508 g/mol. The maximum Gasteiger partial charge on any atom is 0.246 e. The van der Waals surface area contributed by atoms with Crippen LogP contribution in [0.2, 0.25) is 0 Å². The van der Waals surface area contributed by atoms with Gasteiger partial charge in [-0.05, 0) is 55.8 Å². The van der Waals surface area contributed by atoms with Gasteiger partial charge in [-0.3, -0.25) is 4.79 Å². The van der Waals surface area contributed by atoms with E-state index in [9.17, 15) is 4.79 Å². The van der Waals surface area contributed by atoms with E-state index < -0.39 is 0 Å². The number of aryl methyl sites for hydroxylation is 2. The van der Waals surface area contributed by atoms with Gasteiger partial charge in [0.15, 0.2) is 5.82 Å². The van der Waals surface area contributed by atoms with Crippen LogP contribution in [0.4, 0.5) is 17.5 Å². The molecule has 12 heteroatoms. The van der Waals surface area contributed by atoms with E-state index in [2.05, 4.69) is 35.5 Å². The van der Waals surface area contributed by atoms with Gasteiger partial charge in [0.25, 0.3) is 0 Å². The number of benzene rings is 2. The quantitative estimate of drug-likeness (QED) is 0.320. The number of amides is 1. The van der Waals surface area contributed by atoms with Gasteiger partial charge in [0.1, 0.15) is 34.4 Å². The van der Waals surface area contributed by atoms with Crippen molar-refractivity contribution in [1.29, 1.82) is 0 Å². The second-order valence-corrected chi connectivity index (χ2v) is 9.51. The number of nitrogens with zero attached hydrogens (tertiary/aromatic N) is 9. The molecule has 0 spiro atoms. The fraction of sp³-hybridized carbons (Fsp3) is 0.250. The molecule has 1 aliphatic rings. The predicted octanol–water partition coefficient (Wildman–Crippen LogP) is 3.77. The zero-order valence-corrected chi connectivity index (χ0v) is 22.4. The molecule has 1 saturated heterocycles. The number of carbonyl (C=O) groups excluding carboxylic acids is 1. The van der Waals surface area contributed by atoms with Crippen LogP contribution in [0.15, 0.2) is 61.1 Å². The average Bonchev–Trinajstić information content (AvgIpc) is 3.34. The highest BCUT2D eigenvalue weighted by atomic mass is 16.5. The topological polar surface area (TPSA) is 127 Å². The number of aromatic nitrogens is 7. The van der Waals surface area contributed by atoms with Crippen molar-refractivity contribution in [1.82, 2.24) is 39.8 Å². The highest BCUT2D eigenvalue weighted by Gasteiger charge is 2.22. The van der Waals surface area contributed by atoms with Crippen molar-refractivity contribution in [2.24, 2.45) is 7.05 Å². The molecule has 12 nitrogen and oxygen atoms in total. The summed E-state index contributed by atoms with van der Waals surface area (Å²) in [7, 11) is 1.86. The highest BCUT2D eigenvalue weighted by Crippen LogP contribution is 2.31. The fourth-order valence-corrected chi connectivity index (χ4v) is 4.65.